The first-order valence-corrected chi connectivity index (χ1v) is 7.05. The van der Waals surface area contributed by atoms with E-state index in [1.54, 1.807) is 24.3 Å². The molecule has 0 saturated carbocycles. The van der Waals surface area contributed by atoms with Gasteiger partial charge in [0, 0.05) is 17.6 Å². The maximum absolute atomic E-state index is 12.7. The van der Waals surface area contributed by atoms with E-state index in [9.17, 15) is 25.0 Å². The number of nitrogens with zero attached hydrogens (tertiary/aromatic N) is 3. The summed E-state index contributed by atoms with van der Waals surface area (Å²) in [5.41, 5.74) is -1.50. The van der Waals surface area contributed by atoms with E-state index in [1.165, 1.54) is 19.4 Å². The van der Waals surface area contributed by atoms with Crippen molar-refractivity contribution >= 4 is 22.1 Å². The Bertz CT molecular complexity index is 1070. The van der Waals surface area contributed by atoms with Gasteiger partial charge >= 0.3 is 0 Å². The smallest absolute Gasteiger partial charge is 0.300 e. The molecule has 0 aliphatic rings. The molecule has 1 aromatic heterocycles. The minimum atomic E-state index is -0.759. The molecule has 3 aromatic rings. The van der Waals surface area contributed by atoms with Crippen molar-refractivity contribution in [2.75, 3.05) is 7.11 Å². The van der Waals surface area contributed by atoms with Crippen molar-refractivity contribution in [1.82, 2.24) is 4.57 Å². The van der Waals surface area contributed by atoms with Crippen molar-refractivity contribution in [3.63, 3.8) is 0 Å². The Morgan fingerprint density at radius 2 is 1.76 bits per heavy atom. The Hall–Kier alpha value is -3.75. The largest absolute Gasteiger partial charge is 0.496 e. The van der Waals surface area contributed by atoms with E-state index in [0.717, 1.165) is 16.7 Å². The predicted molar refractivity (Wildman–Crippen MR) is 89.4 cm³/mol. The van der Waals surface area contributed by atoms with Gasteiger partial charge in [-0.3, -0.25) is 29.6 Å². The summed E-state index contributed by atoms with van der Waals surface area (Å²) in [4.78, 5) is 33.4. The number of non-ortho nitro benzene ring substituents is 1. The predicted octanol–water partition coefficient (Wildman–Crippen LogP) is 2.82. The van der Waals surface area contributed by atoms with Crippen LogP contribution in [-0.2, 0) is 0 Å². The maximum Gasteiger partial charge on any atom is 0.300 e. The van der Waals surface area contributed by atoms with E-state index in [2.05, 4.69) is 0 Å². The van der Waals surface area contributed by atoms with E-state index < -0.39 is 26.8 Å². The minimum absolute atomic E-state index is 0.0506. The van der Waals surface area contributed by atoms with E-state index in [4.69, 9.17) is 4.74 Å². The van der Waals surface area contributed by atoms with Crippen LogP contribution in [0.15, 0.2) is 53.5 Å². The van der Waals surface area contributed by atoms with Crippen LogP contribution < -0.4 is 10.3 Å². The van der Waals surface area contributed by atoms with E-state index in [1.807, 2.05) is 0 Å². The van der Waals surface area contributed by atoms with Crippen LogP contribution in [0.5, 0.6) is 5.75 Å². The highest BCUT2D eigenvalue weighted by Crippen LogP contribution is 2.28. The SMILES string of the molecule is COc1cccc2c(=O)n(-c3ccc([N+](=O)[O-])cc3[N+](=O)[O-])ccc12. The van der Waals surface area contributed by atoms with Crippen LogP contribution in [-0.4, -0.2) is 21.5 Å². The summed E-state index contributed by atoms with van der Waals surface area (Å²) in [5.74, 6) is 0.500. The Labute approximate surface area is 140 Å². The van der Waals surface area contributed by atoms with Gasteiger partial charge in [-0.05, 0) is 24.3 Å². The van der Waals surface area contributed by atoms with Gasteiger partial charge < -0.3 is 4.74 Å². The summed E-state index contributed by atoms with van der Waals surface area (Å²) in [6.45, 7) is 0. The zero-order valence-electron chi connectivity index (χ0n) is 12.9. The van der Waals surface area contributed by atoms with Crippen LogP contribution in [0.1, 0.15) is 0 Å². The summed E-state index contributed by atoms with van der Waals surface area (Å²) in [5, 5.41) is 23.0. The second-order valence-corrected chi connectivity index (χ2v) is 5.10. The Morgan fingerprint density at radius 3 is 2.40 bits per heavy atom. The first-order valence-electron chi connectivity index (χ1n) is 7.05. The number of nitro groups is 2. The zero-order chi connectivity index (χ0) is 18.1. The lowest BCUT2D eigenvalue weighted by Crippen LogP contribution is -2.18. The molecule has 2 aromatic carbocycles. The lowest BCUT2D eigenvalue weighted by atomic mass is 10.1. The number of hydrogen-bond donors (Lipinski definition) is 0. The molecule has 0 amide bonds. The monoisotopic (exact) mass is 341 g/mol. The van der Waals surface area contributed by atoms with E-state index in [0.29, 0.717) is 16.5 Å². The fourth-order valence-electron chi connectivity index (χ4n) is 2.59. The van der Waals surface area contributed by atoms with Crippen molar-refractivity contribution in [3.05, 3.63) is 79.2 Å². The van der Waals surface area contributed by atoms with Gasteiger partial charge in [0.25, 0.3) is 16.9 Å². The van der Waals surface area contributed by atoms with Crippen LogP contribution in [0.3, 0.4) is 0 Å². The summed E-state index contributed by atoms with van der Waals surface area (Å²) in [7, 11) is 1.47. The number of methoxy groups -OCH3 is 1. The zero-order valence-corrected chi connectivity index (χ0v) is 12.9. The van der Waals surface area contributed by atoms with Gasteiger partial charge in [0.15, 0.2) is 0 Å². The highest BCUT2D eigenvalue weighted by Gasteiger charge is 2.22. The number of fused-ring (bicyclic) bond motifs is 1. The first-order chi connectivity index (χ1) is 11.9. The lowest BCUT2D eigenvalue weighted by molar-refractivity contribution is -0.394. The van der Waals surface area contributed by atoms with Crippen molar-refractivity contribution < 1.29 is 14.6 Å². The van der Waals surface area contributed by atoms with Crippen LogP contribution >= 0.6 is 0 Å². The van der Waals surface area contributed by atoms with Crippen LogP contribution in [0.4, 0.5) is 11.4 Å². The average molecular weight is 341 g/mol. The molecule has 0 aliphatic carbocycles. The summed E-state index contributed by atoms with van der Waals surface area (Å²) in [6.07, 6.45) is 1.38. The van der Waals surface area contributed by atoms with Gasteiger partial charge in [0.2, 0.25) is 0 Å². The van der Waals surface area contributed by atoms with Gasteiger partial charge in [0.05, 0.1) is 28.4 Å². The molecular weight excluding hydrogens is 330 g/mol. The van der Waals surface area contributed by atoms with Crippen molar-refractivity contribution in [1.29, 1.82) is 0 Å². The number of aromatic nitrogens is 1. The van der Waals surface area contributed by atoms with Gasteiger partial charge in [-0.2, -0.15) is 0 Å². The standard InChI is InChI=1S/C16H11N3O6/c1-25-15-4-2-3-12-11(15)7-8-17(16(12)20)13-6-5-10(18(21)22)9-14(13)19(23)24/h2-9H,1H3. The summed E-state index contributed by atoms with van der Waals surface area (Å²) < 4.78 is 6.29. The number of hydrogen-bond acceptors (Lipinski definition) is 6. The minimum Gasteiger partial charge on any atom is -0.496 e. The number of nitro benzene ring substituents is 2. The molecule has 9 nitrogen and oxygen atoms in total. The average Bonchev–Trinajstić information content (AvgIpc) is 2.61. The highest BCUT2D eigenvalue weighted by atomic mass is 16.6. The number of pyridine rings is 1. The fraction of sp³-hybridized carbons (Fsp3) is 0.0625. The molecule has 0 N–H and O–H groups in total. The molecule has 9 heteroatoms. The third kappa shape index (κ3) is 2.67. The Kier molecular flexibility index (Phi) is 3.89. The molecule has 0 spiro atoms. The second kappa shape index (κ2) is 6.04. The van der Waals surface area contributed by atoms with Crippen LogP contribution in [0, 0.1) is 20.2 Å². The number of benzene rings is 2. The first kappa shape index (κ1) is 16.1. The molecule has 1 heterocycles. The molecule has 126 valence electrons. The van der Waals surface area contributed by atoms with Crippen molar-refractivity contribution in [3.8, 4) is 11.4 Å². The molecule has 0 fully saturated rings. The molecule has 0 bridgehead atoms. The van der Waals surface area contributed by atoms with Crippen LogP contribution in [0.25, 0.3) is 16.5 Å². The quantitative estimate of drug-likeness (QED) is 0.532. The third-order valence-electron chi connectivity index (χ3n) is 3.75. The molecular formula is C16H11N3O6. The molecule has 25 heavy (non-hydrogen) atoms. The maximum atomic E-state index is 12.7. The lowest BCUT2D eigenvalue weighted by Gasteiger charge is -2.10. The topological polar surface area (TPSA) is 118 Å². The Balaban J connectivity index is 2.30. The third-order valence-corrected chi connectivity index (χ3v) is 3.75. The number of rotatable bonds is 4. The van der Waals surface area contributed by atoms with Gasteiger partial charge in [-0.1, -0.05) is 6.07 Å². The Morgan fingerprint density at radius 1 is 1.00 bits per heavy atom. The molecule has 0 radical (unpaired) electrons. The highest BCUT2D eigenvalue weighted by molar-refractivity contribution is 5.87. The molecule has 0 aliphatic heterocycles. The molecule has 0 saturated heterocycles. The fourth-order valence-corrected chi connectivity index (χ4v) is 2.59. The van der Waals surface area contributed by atoms with E-state index >= 15 is 0 Å². The van der Waals surface area contributed by atoms with E-state index in [-0.39, 0.29) is 5.69 Å². The normalized spacial score (nSPS) is 10.6. The molecule has 0 atom stereocenters. The van der Waals surface area contributed by atoms with Crippen LogP contribution in [0.2, 0.25) is 0 Å². The number of ether oxygens (including phenoxy) is 1. The van der Waals surface area contributed by atoms with Gasteiger partial charge in [-0.25, -0.2) is 0 Å². The summed E-state index contributed by atoms with van der Waals surface area (Å²) >= 11 is 0. The second-order valence-electron chi connectivity index (χ2n) is 5.10. The molecule has 0 unspecified atom stereocenters. The molecule has 3 rings (SSSR count). The van der Waals surface area contributed by atoms with Gasteiger partial charge in [-0.15, -0.1) is 0 Å². The summed E-state index contributed by atoms with van der Waals surface area (Å²) in [6, 6.07) is 9.64. The van der Waals surface area contributed by atoms with Gasteiger partial charge in [0.1, 0.15) is 11.4 Å². The van der Waals surface area contributed by atoms with Crippen molar-refractivity contribution in [2.45, 2.75) is 0 Å². The van der Waals surface area contributed by atoms with Crippen molar-refractivity contribution in [2.24, 2.45) is 0 Å².